The molecule has 0 spiro atoms. The predicted molar refractivity (Wildman–Crippen MR) is 79.5 cm³/mol. The van der Waals surface area contributed by atoms with Crippen molar-refractivity contribution in [3.05, 3.63) is 28.3 Å². The lowest BCUT2D eigenvalue weighted by atomic mass is 10.1. The van der Waals surface area contributed by atoms with E-state index in [1.165, 1.54) is 25.0 Å². The van der Waals surface area contributed by atoms with Gasteiger partial charge in [-0.25, -0.2) is 0 Å². The Labute approximate surface area is 114 Å². The van der Waals surface area contributed by atoms with Crippen LogP contribution in [0.5, 0.6) is 0 Å². The maximum Gasteiger partial charge on any atom is 0.271 e. The van der Waals surface area contributed by atoms with E-state index < -0.39 is 4.92 Å². The van der Waals surface area contributed by atoms with Gasteiger partial charge >= 0.3 is 0 Å². The highest BCUT2D eigenvalue weighted by Gasteiger charge is 2.16. The van der Waals surface area contributed by atoms with Crippen molar-refractivity contribution < 1.29 is 4.92 Å². The van der Waals surface area contributed by atoms with Crippen LogP contribution in [0.15, 0.2) is 18.2 Å². The molecule has 0 heterocycles. The lowest BCUT2D eigenvalue weighted by molar-refractivity contribution is -0.384. The van der Waals surface area contributed by atoms with E-state index in [0.29, 0.717) is 11.7 Å². The zero-order valence-corrected chi connectivity index (χ0v) is 11.9. The van der Waals surface area contributed by atoms with Crippen LogP contribution in [-0.4, -0.2) is 17.5 Å². The van der Waals surface area contributed by atoms with Crippen molar-refractivity contribution in [1.82, 2.24) is 0 Å². The lowest BCUT2D eigenvalue weighted by Gasteiger charge is -2.30. The number of benzene rings is 1. The molecule has 0 saturated carbocycles. The van der Waals surface area contributed by atoms with E-state index in [0.717, 1.165) is 18.7 Å². The van der Waals surface area contributed by atoms with Crippen molar-refractivity contribution in [1.29, 1.82) is 0 Å². The highest BCUT2D eigenvalue weighted by Crippen LogP contribution is 2.29. The van der Waals surface area contributed by atoms with Crippen LogP contribution in [0.2, 0.25) is 0 Å². The van der Waals surface area contributed by atoms with E-state index in [4.69, 9.17) is 5.73 Å². The topological polar surface area (TPSA) is 72.4 Å². The summed E-state index contributed by atoms with van der Waals surface area (Å²) >= 11 is 0. The lowest BCUT2D eigenvalue weighted by Crippen LogP contribution is -2.32. The van der Waals surface area contributed by atoms with Crippen molar-refractivity contribution >= 4 is 17.1 Å². The standard InChI is InChI=1S/C14H23N3O2/c1-4-5-6-9-16(11(2)3)14-8-7-12(17(18)19)10-13(14)15/h7-8,10-11H,4-6,9,15H2,1-3H3. The quantitative estimate of drug-likeness (QED) is 0.354. The highest BCUT2D eigenvalue weighted by atomic mass is 16.6. The zero-order valence-electron chi connectivity index (χ0n) is 11.9. The van der Waals surface area contributed by atoms with Crippen LogP contribution in [0.3, 0.4) is 0 Å². The van der Waals surface area contributed by atoms with Crippen LogP contribution in [-0.2, 0) is 0 Å². The first kappa shape index (κ1) is 15.3. The number of hydrogen-bond acceptors (Lipinski definition) is 4. The van der Waals surface area contributed by atoms with Gasteiger partial charge in [0.25, 0.3) is 5.69 Å². The summed E-state index contributed by atoms with van der Waals surface area (Å²) in [7, 11) is 0. The molecule has 1 aromatic rings. The van der Waals surface area contributed by atoms with Gasteiger partial charge in [0, 0.05) is 24.7 Å². The van der Waals surface area contributed by atoms with Crippen molar-refractivity contribution in [2.75, 3.05) is 17.2 Å². The van der Waals surface area contributed by atoms with E-state index in [9.17, 15) is 10.1 Å². The minimum Gasteiger partial charge on any atom is -0.397 e. The van der Waals surface area contributed by atoms with Crippen LogP contribution >= 0.6 is 0 Å². The number of nitro benzene ring substituents is 1. The fourth-order valence-electron chi connectivity index (χ4n) is 2.11. The second kappa shape index (κ2) is 6.97. The summed E-state index contributed by atoms with van der Waals surface area (Å²) < 4.78 is 0. The average Bonchev–Trinajstić information content (AvgIpc) is 2.35. The Morgan fingerprint density at radius 3 is 2.53 bits per heavy atom. The number of anilines is 2. The van der Waals surface area contributed by atoms with Gasteiger partial charge in [0.1, 0.15) is 0 Å². The van der Waals surface area contributed by atoms with Gasteiger partial charge in [-0.3, -0.25) is 10.1 Å². The van der Waals surface area contributed by atoms with Crippen LogP contribution in [0.4, 0.5) is 17.1 Å². The summed E-state index contributed by atoms with van der Waals surface area (Å²) in [5.41, 5.74) is 7.35. The van der Waals surface area contributed by atoms with Crippen LogP contribution in [0.1, 0.15) is 40.0 Å². The van der Waals surface area contributed by atoms with E-state index in [1.807, 2.05) is 0 Å². The van der Waals surface area contributed by atoms with E-state index in [-0.39, 0.29) is 5.69 Å². The minimum atomic E-state index is -0.420. The van der Waals surface area contributed by atoms with Crippen molar-refractivity contribution in [3.63, 3.8) is 0 Å². The van der Waals surface area contributed by atoms with Gasteiger partial charge in [-0.05, 0) is 26.3 Å². The summed E-state index contributed by atoms with van der Waals surface area (Å²) in [6, 6.07) is 5.02. The summed E-state index contributed by atoms with van der Waals surface area (Å²) in [4.78, 5) is 12.5. The van der Waals surface area contributed by atoms with E-state index in [2.05, 4.69) is 25.7 Å². The molecule has 1 aromatic carbocycles. The molecule has 0 aromatic heterocycles. The molecule has 0 radical (unpaired) electrons. The number of nitrogen functional groups attached to an aromatic ring is 1. The smallest absolute Gasteiger partial charge is 0.271 e. The molecule has 1 rings (SSSR count). The molecule has 0 aliphatic carbocycles. The first-order valence-corrected chi connectivity index (χ1v) is 6.78. The van der Waals surface area contributed by atoms with Gasteiger partial charge in [-0.2, -0.15) is 0 Å². The van der Waals surface area contributed by atoms with Crippen molar-refractivity contribution in [3.8, 4) is 0 Å². The van der Waals surface area contributed by atoms with Crippen LogP contribution in [0, 0.1) is 10.1 Å². The molecular formula is C14H23N3O2. The SMILES string of the molecule is CCCCCN(c1ccc([N+](=O)[O-])cc1N)C(C)C. The maximum absolute atomic E-state index is 10.7. The van der Waals surface area contributed by atoms with E-state index >= 15 is 0 Å². The van der Waals surface area contributed by atoms with Gasteiger partial charge in [-0.1, -0.05) is 19.8 Å². The Balaban J connectivity index is 2.93. The maximum atomic E-state index is 10.7. The third kappa shape index (κ3) is 4.12. The highest BCUT2D eigenvalue weighted by molar-refractivity contribution is 5.71. The van der Waals surface area contributed by atoms with Crippen LogP contribution in [0.25, 0.3) is 0 Å². The van der Waals surface area contributed by atoms with Gasteiger partial charge in [-0.15, -0.1) is 0 Å². The Morgan fingerprint density at radius 1 is 1.37 bits per heavy atom. The monoisotopic (exact) mass is 265 g/mol. The number of nitro groups is 1. The molecule has 0 bridgehead atoms. The number of hydrogen-bond donors (Lipinski definition) is 1. The molecule has 19 heavy (non-hydrogen) atoms. The summed E-state index contributed by atoms with van der Waals surface area (Å²) in [6.45, 7) is 7.30. The Hall–Kier alpha value is -1.78. The molecule has 0 atom stereocenters. The fraction of sp³-hybridized carbons (Fsp3) is 0.571. The summed E-state index contributed by atoms with van der Waals surface area (Å²) in [5, 5.41) is 10.7. The molecule has 0 aliphatic rings. The number of non-ortho nitro benzene ring substituents is 1. The fourth-order valence-corrected chi connectivity index (χ4v) is 2.11. The molecule has 106 valence electrons. The number of rotatable bonds is 7. The van der Waals surface area contributed by atoms with Gasteiger partial charge in [0.15, 0.2) is 0 Å². The number of unbranched alkanes of at least 4 members (excludes halogenated alkanes) is 2. The van der Waals surface area contributed by atoms with E-state index in [1.54, 1.807) is 6.07 Å². The largest absolute Gasteiger partial charge is 0.397 e. The summed E-state index contributed by atoms with van der Waals surface area (Å²) in [5.74, 6) is 0. The third-order valence-corrected chi connectivity index (χ3v) is 3.16. The first-order valence-electron chi connectivity index (χ1n) is 6.78. The van der Waals surface area contributed by atoms with Gasteiger partial charge in [0.05, 0.1) is 16.3 Å². The summed E-state index contributed by atoms with van der Waals surface area (Å²) in [6.07, 6.45) is 3.45. The minimum absolute atomic E-state index is 0.0403. The molecule has 5 heteroatoms. The normalized spacial score (nSPS) is 10.7. The van der Waals surface area contributed by atoms with Crippen molar-refractivity contribution in [2.45, 2.75) is 46.1 Å². The molecule has 2 N–H and O–H groups in total. The first-order chi connectivity index (χ1) is 8.97. The number of nitrogens with zero attached hydrogens (tertiary/aromatic N) is 2. The second-order valence-electron chi connectivity index (χ2n) is 4.99. The second-order valence-corrected chi connectivity index (χ2v) is 4.99. The average molecular weight is 265 g/mol. The Kier molecular flexibility index (Phi) is 5.60. The van der Waals surface area contributed by atoms with Gasteiger partial charge in [0.2, 0.25) is 0 Å². The molecule has 0 unspecified atom stereocenters. The molecule has 5 nitrogen and oxygen atoms in total. The number of nitrogens with two attached hydrogens (primary N) is 1. The molecule has 0 fully saturated rings. The predicted octanol–water partition coefficient (Wildman–Crippen LogP) is 3.58. The molecular weight excluding hydrogens is 242 g/mol. The third-order valence-electron chi connectivity index (χ3n) is 3.16. The van der Waals surface area contributed by atoms with Gasteiger partial charge < -0.3 is 10.6 Å². The molecule has 0 saturated heterocycles. The van der Waals surface area contributed by atoms with Crippen molar-refractivity contribution in [2.24, 2.45) is 0 Å². The van der Waals surface area contributed by atoms with Crippen LogP contribution < -0.4 is 10.6 Å². The molecule has 0 amide bonds. The Bertz CT molecular complexity index is 433. The Morgan fingerprint density at radius 2 is 2.05 bits per heavy atom. The zero-order chi connectivity index (χ0) is 14.4. The molecule has 0 aliphatic heterocycles.